The summed E-state index contributed by atoms with van der Waals surface area (Å²) in [6.45, 7) is -0.167. The van der Waals surface area contributed by atoms with E-state index in [1.807, 2.05) is 0 Å². The number of aliphatic hydroxyl groups is 7. The van der Waals surface area contributed by atoms with E-state index in [9.17, 15) is 40.5 Å². The van der Waals surface area contributed by atoms with Crippen LogP contribution < -0.4 is 5.32 Å². The number of carbonyl (C=O) groups excluding carboxylic acids is 1. The first-order chi connectivity index (χ1) is 12.2. The summed E-state index contributed by atoms with van der Waals surface area (Å²) < 4.78 is 15.8. The molecule has 0 radical (unpaired) electrons. The van der Waals surface area contributed by atoms with E-state index in [0.717, 1.165) is 0 Å². The van der Waals surface area contributed by atoms with Crippen molar-refractivity contribution >= 4 is 5.91 Å². The Morgan fingerprint density at radius 2 is 1.50 bits per heavy atom. The Balaban J connectivity index is 2.12. The Labute approximate surface area is 148 Å². The van der Waals surface area contributed by atoms with Gasteiger partial charge in [0.1, 0.15) is 48.8 Å². The van der Waals surface area contributed by atoms with E-state index in [1.54, 1.807) is 0 Å². The lowest BCUT2D eigenvalue weighted by Crippen LogP contribution is -2.66. The zero-order valence-corrected chi connectivity index (χ0v) is 14.0. The summed E-state index contributed by atoms with van der Waals surface area (Å²) in [5.74, 6) is -0.536. The first-order valence-corrected chi connectivity index (χ1v) is 8.06. The SMILES string of the molecule is CC(=O)N[C@@H]1O[C@H](CO)[C@@H](O[C@@H]2O[C@H](CO)[C@H](O)[C@H](O)[C@H]2O)[C@H](O)[C@H]1O. The molecule has 0 saturated carbocycles. The van der Waals surface area contributed by atoms with E-state index in [0.29, 0.717) is 0 Å². The smallest absolute Gasteiger partial charge is 0.218 e. The Kier molecular flexibility index (Phi) is 7.27. The minimum absolute atomic E-state index is 0.536. The summed E-state index contributed by atoms with van der Waals surface area (Å²) in [4.78, 5) is 11.1. The van der Waals surface area contributed by atoms with E-state index in [2.05, 4.69) is 5.32 Å². The quantitative estimate of drug-likeness (QED) is 0.226. The molecule has 12 heteroatoms. The molecule has 8 N–H and O–H groups in total. The maximum atomic E-state index is 11.1. The molecule has 0 aromatic heterocycles. The van der Waals surface area contributed by atoms with Gasteiger partial charge >= 0.3 is 0 Å². The van der Waals surface area contributed by atoms with Crippen molar-refractivity contribution in [2.45, 2.75) is 68.3 Å². The van der Waals surface area contributed by atoms with Crippen LogP contribution in [0.2, 0.25) is 0 Å². The van der Waals surface area contributed by atoms with Gasteiger partial charge in [-0.05, 0) is 0 Å². The molecular formula is C14H25NO11. The molecule has 10 atom stereocenters. The summed E-state index contributed by atoms with van der Waals surface area (Å²) in [6, 6.07) is 0. The third-order valence-corrected chi connectivity index (χ3v) is 4.35. The van der Waals surface area contributed by atoms with Crippen LogP contribution >= 0.6 is 0 Å². The fraction of sp³-hybridized carbons (Fsp3) is 0.929. The molecule has 0 unspecified atom stereocenters. The molecule has 0 bridgehead atoms. The zero-order chi connectivity index (χ0) is 19.6. The van der Waals surface area contributed by atoms with Crippen LogP contribution in [0.15, 0.2) is 0 Å². The van der Waals surface area contributed by atoms with Crippen molar-refractivity contribution in [2.24, 2.45) is 0 Å². The minimum Gasteiger partial charge on any atom is -0.394 e. The van der Waals surface area contributed by atoms with Crippen LogP contribution in [0.25, 0.3) is 0 Å². The molecule has 2 aliphatic heterocycles. The third kappa shape index (κ3) is 4.31. The van der Waals surface area contributed by atoms with Gasteiger partial charge in [0.15, 0.2) is 12.5 Å². The average molecular weight is 383 g/mol. The van der Waals surface area contributed by atoms with Crippen molar-refractivity contribution in [3.8, 4) is 0 Å². The Morgan fingerprint density at radius 3 is 2.04 bits per heavy atom. The predicted octanol–water partition coefficient (Wildman–Crippen LogP) is -5.25. The van der Waals surface area contributed by atoms with E-state index in [-0.39, 0.29) is 0 Å². The number of hydrogen-bond acceptors (Lipinski definition) is 11. The van der Waals surface area contributed by atoms with Crippen LogP contribution in [0.3, 0.4) is 0 Å². The standard InChI is InChI=1S/C14H25NO11/c1-4(18)15-13-10(22)9(21)12(6(3-17)24-13)26-14-11(23)8(20)7(19)5(2-16)25-14/h5-14,16-17,19-23H,2-3H2,1H3,(H,15,18)/t5-,6-,7+,8+,9-,10-,11-,12-,13-,14+/m1/s1. The predicted molar refractivity (Wildman–Crippen MR) is 80.2 cm³/mol. The summed E-state index contributed by atoms with van der Waals surface area (Å²) in [5, 5.41) is 70.7. The molecule has 0 aromatic rings. The molecule has 12 nitrogen and oxygen atoms in total. The van der Waals surface area contributed by atoms with Crippen molar-refractivity contribution in [1.29, 1.82) is 0 Å². The highest BCUT2D eigenvalue weighted by atomic mass is 16.7. The van der Waals surface area contributed by atoms with E-state index < -0.39 is 80.5 Å². The van der Waals surface area contributed by atoms with Crippen LogP contribution in [0.1, 0.15) is 6.92 Å². The van der Waals surface area contributed by atoms with E-state index in [4.69, 9.17) is 14.2 Å². The topological polar surface area (TPSA) is 198 Å². The van der Waals surface area contributed by atoms with Crippen molar-refractivity contribution in [3.05, 3.63) is 0 Å². The van der Waals surface area contributed by atoms with Crippen LogP contribution in [-0.4, -0.2) is 116 Å². The maximum absolute atomic E-state index is 11.1. The maximum Gasteiger partial charge on any atom is 0.218 e. The lowest BCUT2D eigenvalue weighted by Gasteiger charge is -2.46. The van der Waals surface area contributed by atoms with Crippen molar-refractivity contribution in [3.63, 3.8) is 0 Å². The van der Waals surface area contributed by atoms with Gasteiger partial charge in [0, 0.05) is 6.92 Å². The Bertz CT molecular complexity index is 476. The van der Waals surface area contributed by atoms with Gasteiger partial charge in [-0.1, -0.05) is 0 Å². The number of amides is 1. The lowest BCUT2D eigenvalue weighted by atomic mass is 9.96. The monoisotopic (exact) mass is 383 g/mol. The molecule has 26 heavy (non-hydrogen) atoms. The fourth-order valence-corrected chi connectivity index (χ4v) is 2.91. The molecule has 2 fully saturated rings. The molecule has 0 aromatic carbocycles. The molecule has 152 valence electrons. The van der Waals surface area contributed by atoms with Gasteiger partial charge in [0.2, 0.25) is 5.91 Å². The van der Waals surface area contributed by atoms with Gasteiger partial charge in [-0.15, -0.1) is 0 Å². The highest BCUT2D eigenvalue weighted by Crippen LogP contribution is 2.28. The fourth-order valence-electron chi connectivity index (χ4n) is 2.91. The Hall–Kier alpha value is -0.930. The highest BCUT2D eigenvalue weighted by molar-refractivity contribution is 5.73. The molecule has 2 aliphatic rings. The van der Waals surface area contributed by atoms with Gasteiger partial charge in [-0.3, -0.25) is 4.79 Å². The largest absolute Gasteiger partial charge is 0.394 e. The minimum atomic E-state index is -1.73. The average Bonchev–Trinajstić information content (AvgIpc) is 2.60. The highest BCUT2D eigenvalue weighted by Gasteiger charge is 2.50. The van der Waals surface area contributed by atoms with Gasteiger partial charge in [-0.25, -0.2) is 0 Å². The second-order valence-electron chi connectivity index (χ2n) is 6.26. The van der Waals surface area contributed by atoms with Crippen molar-refractivity contribution < 1.29 is 54.8 Å². The molecular weight excluding hydrogens is 358 g/mol. The molecule has 2 saturated heterocycles. The second-order valence-corrected chi connectivity index (χ2v) is 6.26. The molecule has 0 aliphatic carbocycles. The lowest BCUT2D eigenvalue weighted by molar-refractivity contribution is -0.343. The van der Waals surface area contributed by atoms with Crippen LogP contribution in [0.5, 0.6) is 0 Å². The van der Waals surface area contributed by atoms with Crippen molar-refractivity contribution in [1.82, 2.24) is 5.32 Å². The summed E-state index contributed by atoms with van der Waals surface area (Å²) in [6.07, 6.45) is -15.0. The number of ether oxygens (including phenoxy) is 3. The Morgan fingerprint density at radius 1 is 0.885 bits per heavy atom. The van der Waals surface area contributed by atoms with Gasteiger partial charge in [0.05, 0.1) is 13.2 Å². The molecule has 1 amide bonds. The van der Waals surface area contributed by atoms with Crippen molar-refractivity contribution in [2.75, 3.05) is 13.2 Å². The van der Waals surface area contributed by atoms with Crippen LogP contribution in [0.4, 0.5) is 0 Å². The summed E-state index contributed by atoms with van der Waals surface area (Å²) in [5.41, 5.74) is 0. The molecule has 2 rings (SSSR count). The number of rotatable bonds is 5. The number of carbonyl (C=O) groups is 1. The van der Waals surface area contributed by atoms with Crippen LogP contribution in [-0.2, 0) is 19.0 Å². The van der Waals surface area contributed by atoms with E-state index in [1.165, 1.54) is 6.92 Å². The molecule has 0 spiro atoms. The molecule has 2 heterocycles. The summed E-state index contributed by atoms with van der Waals surface area (Å²) >= 11 is 0. The zero-order valence-electron chi connectivity index (χ0n) is 14.0. The summed E-state index contributed by atoms with van der Waals surface area (Å²) in [7, 11) is 0. The second kappa shape index (κ2) is 8.84. The number of aliphatic hydroxyl groups excluding tert-OH is 7. The first-order valence-electron chi connectivity index (χ1n) is 8.06. The van der Waals surface area contributed by atoms with Gasteiger partial charge in [0.25, 0.3) is 0 Å². The third-order valence-electron chi connectivity index (χ3n) is 4.35. The number of hydrogen-bond donors (Lipinski definition) is 8. The van der Waals surface area contributed by atoms with E-state index >= 15 is 0 Å². The first kappa shape index (κ1) is 21.4. The van der Waals surface area contributed by atoms with Crippen LogP contribution in [0, 0.1) is 0 Å². The van der Waals surface area contributed by atoms with Gasteiger partial charge in [-0.2, -0.15) is 0 Å². The number of nitrogens with one attached hydrogen (secondary N) is 1. The van der Waals surface area contributed by atoms with Gasteiger partial charge < -0.3 is 55.3 Å². The normalized spacial score (nSPS) is 46.8.